The van der Waals surface area contributed by atoms with Crippen LogP contribution in [-0.2, 0) is 0 Å². The number of pyridine rings is 1. The lowest BCUT2D eigenvalue weighted by molar-refractivity contribution is 0.239. The van der Waals surface area contributed by atoms with Gasteiger partial charge in [0.15, 0.2) is 5.75 Å². The van der Waals surface area contributed by atoms with Gasteiger partial charge in [0.2, 0.25) is 0 Å². The molecule has 3 N–H and O–H groups in total. The molecule has 0 atom stereocenters. The summed E-state index contributed by atoms with van der Waals surface area (Å²) in [7, 11) is 0. The molecule has 1 aliphatic rings. The van der Waals surface area contributed by atoms with Crippen molar-refractivity contribution in [1.82, 2.24) is 10.5 Å². The van der Waals surface area contributed by atoms with Crippen molar-refractivity contribution in [1.29, 1.82) is 0 Å². The summed E-state index contributed by atoms with van der Waals surface area (Å²) in [5.41, 5.74) is 3.77. The average molecular weight is 400 g/mol. The van der Waals surface area contributed by atoms with E-state index in [1.54, 1.807) is 67.1 Å². The summed E-state index contributed by atoms with van der Waals surface area (Å²) in [6.45, 7) is 0. The number of hydrogen-bond donors (Lipinski definition) is 3. The Labute approximate surface area is 176 Å². The van der Waals surface area contributed by atoms with Crippen LogP contribution in [0.1, 0.15) is 5.56 Å². The molecule has 5 heteroatoms. The molecule has 152 valence electrons. The Kier molecular flexibility index (Phi) is 10.2. The van der Waals surface area contributed by atoms with E-state index in [-0.39, 0.29) is 0 Å². The molecule has 0 radical (unpaired) electrons. The molecule has 0 aliphatic carbocycles. The van der Waals surface area contributed by atoms with Gasteiger partial charge in [-0.2, -0.15) is 0 Å². The van der Waals surface area contributed by atoms with Crippen LogP contribution in [0.25, 0.3) is 6.08 Å². The van der Waals surface area contributed by atoms with Gasteiger partial charge >= 0.3 is 0 Å². The fourth-order valence-electron chi connectivity index (χ4n) is 2.10. The molecule has 30 heavy (non-hydrogen) atoms. The van der Waals surface area contributed by atoms with Gasteiger partial charge in [0.05, 0.1) is 0 Å². The van der Waals surface area contributed by atoms with Crippen LogP contribution >= 0.6 is 0 Å². The second-order valence-electron chi connectivity index (χ2n) is 5.79. The topological polar surface area (TPSA) is 74.6 Å². The third kappa shape index (κ3) is 9.62. The SMILES string of the molecule is C1=Cc2ccccc2ON1.Oc1ccccc1.Oc1ccccc1.c1ccncc1. The van der Waals surface area contributed by atoms with Crippen molar-refractivity contribution >= 4 is 6.08 Å². The summed E-state index contributed by atoms with van der Waals surface area (Å²) in [5.74, 6) is 1.52. The quantitative estimate of drug-likeness (QED) is 0.367. The maximum Gasteiger partial charge on any atom is 0.162 e. The standard InChI is InChI=1S/C8H7NO.2C6H6O.C5H5N/c1-2-4-8-7(3-1)5-6-9-10-8;2*7-6-4-2-1-3-5-6;1-2-4-6-5-3-1/h1-6,9H;2*1-5,7H;1-5H. The fourth-order valence-corrected chi connectivity index (χ4v) is 2.10. The third-order valence-corrected chi connectivity index (χ3v) is 3.50. The predicted molar refractivity (Wildman–Crippen MR) is 120 cm³/mol. The van der Waals surface area contributed by atoms with Crippen molar-refractivity contribution < 1.29 is 15.1 Å². The number of benzene rings is 3. The minimum atomic E-state index is 0.322. The van der Waals surface area contributed by atoms with E-state index in [9.17, 15) is 0 Å². The monoisotopic (exact) mass is 400 g/mol. The van der Waals surface area contributed by atoms with Crippen LogP contribution in [0.3, 0.4) is 0 Å². The Bertz CT molecular complexity index is 899. The van der Waals surface area contributed by atoms with E-state index in [0.717, 1.165) is 11.3 Å². The molecule has 5 nitrogen and oxygen atoms in total. The van der Waals surface area contributed by atoms with E-state index < -0.39 is 0 Å². The van der Waals surface area contributed by atoms with Crippen molar-refractivity contribution in [3.05, 3.63) is 127 Å². The van der Waals surface area contributed by atoms with E-state index in [1.807, 2.05) is 60.7 Å². The van der Waals surface area contributed by atoms with Crippen LogP contribution in [0, 0.1) is 0 Å². The van der Waals surface area contributed by atoms with Gasteiger partial charge in [0.1, 0.15) is 11.5 Å². The molecule has 4 aromatic rings. The number of fused-ring (bicyclic) bond motifs is 1. The van der Waals surface area contributed by atoms with Crippen LogP contribution in [0.15, 0.2) is 122 Å². The first-order chi connectivity index (χ1) is 14.8. The van der Waals surface area contributed by atoms with E-state index in [4.69, 9.17) is 15.1 Å². The summed E-state index contributed by atoms with van der Waals surface area (Å²) >= 11 is 0. The van der Waals surface area contributed by atoms with Crippen molar-refractivity contribution in [2.45, 2.75) is 0 Å². The summed E-state index contributed by atoms with van der Waals surface area (Å²) in [6.07, 6.45) is 7.24. The second kappa shape index (κ2) is 13.8. The minimum absolute atomic E-state index is 0.322. The molecule has 1 aliphatic heterocycles. The molecule has 0 saturated heterocycles. The average Bonchev–Trinajstić information content (AvgIpc) is 2.83. The van der Waals surface area contributed by atoms with Crippen molar-refractivity contribution in [2.75, 3.05) is 0 Å². The maximum atomic E-state index is 8.63. The molecule has 0 bridgehead atoms. The normalized spacial score (nSPS) is 10.0. The van der Waals surface area contributed by atoms with Gasteiger partial charge in [-0.15, -0.1) is 0 Å². The number of phenolic OH excluding ortho intramolecular Hbond substituents is 2. The largest absolute Gasteiger partial charge is 0.508 e. The van der Waals surface area contributed by atoms with Crippen LogP contribution in [0.5, 0.6) is 17.2 Å². The zero-order valence-electron chi connectivity index (χ0n) is 16.4. The van der Waals surface area contributed by atoms with Gasteiger partial charge < -0.3 is 15.1 Å². The van der Waals surface area contributed by atoms with E-state index in [0.29, 0.717) is 11.5 Å². The molecule has 0 saturated carbocycles. The van der Waals surface area contributed by atoms with E-state index in [2.05, 4.69) is 10.5 Å². The fraction of sp³-hybridized carbons (Fsp3) is 0. The Morgan fingerprint density at radius 3 is 1.50 bits per heavy atom. The molecule has 1 aromatic heterocycles. The number of aromatic hydroxyl groups is 2. The van der Waals surface area contributed by atoms with Crippen LogP contribution in [0.4, 0.5) is 0 Å². The van der Waals surface area contributed by atoms with E-state index in [1.165, 1.54) is 0 Å². The molecule has 3 aromatic carbocycles. The van der Waals surface area contributed by atoms with Crippen LogP contribution in [-0.4, -0.2) is 15.2 Å². The molecular formula is C25H24N2O3. The Balaban J connectivity index is 0.000000146. The number of para-hydroxylation sites is 3. The summed E-state index contributed by atoms with van der Waals surface area (Å²) < 4.78 is 0. The zero-order valence-corrected chi connectivity index (χ0v) is 16.4. The number of hydroxylamine groups is 1. The number of rotatable bonds is 0. The highest BCUT2D eigenvalue weighted by Crippen LogP contribution is 2.20. The van der Waals surface area contributed by atoms with Gasteiger partial charge in [-0.25, -0.2) is 5.48 Å². The molecule has 0 fully saturated rings. The Morgan fingerprint density at radius 1 is 0.600 bits per heavy atom. The highest BCUT2D eigenvalue weighted by atomic mass is 16.6. The first-order valence-corrected chi connectivity index (χ1v) is 9.26. The number of aromatic nitrogens is 1. The number of nitrogens with one attached hydrogen (secondary N) is 1. The lowest BCUT2D eigenvalue weighted by Crippen LogP contribution is -2.13. The van der Waals surface area contributed by atoms with Gasteiger partial charge in [0, 0.05) is 24.2 Å². The number of phenols is 2. The zero-order chi connectivity index (χ0) is 21.3. The van der Waals surface area contributed by atoms with Gasteiger partial charge in [0.25, 0.3) is 0 Å². The smallest absolute Gasteiger partial charge is 0.162 e. The highest BCUT2D eigenvalue weighted by molar-refractivity contribution is 5.57. The van der Waals surface area contributed by atoms with Crippen LogP contribution in [0.2, 0.25) is 0 Å². The summed E-state index contributed by atoms with van der Waals surface area (Å²) in [4.78, 5) is 8.87. The summed E-state index contributed by atoms with van der Waals surface area (Å²) in [5, 5.41) is 17.3. The maximum absolute atomic E-state index is 8.63. The molecule has 5 rings (SSSR count). The lowest BCUT2D eigenvalue weighted by atomic mass is 10.2. The molecule has 2 heterocycles. The number of hydrogen-bond acceptors (Lipinski definition) is 5. The second-order valence-corrected chi connectivity index (χ2v) is 5.79. The van der Waals surface area contributed by atoms with E-state index >= 15 is 0 Å². The molecule has 0 amide bonds. The molecular weight excluding hydrogens is 376 g/mol. The Morgan fingerprint density at radius 2 is 1.10 bits per heavy atom. The first-order valence-electron chi connectivity index (χ1n) is 9.26. The van der Waals surface area contributed by atoms with Gasteiger partial charge in [-0.05, 0) is 48.5 Å². The van der Waals surface area contributed by atoms with Gasteiger partial charge in [-0.1, -0.05) is 60.7 Å². The van der Waals surface area contributed by atoms with Gasteiger partial charge in [-0.3, -0.25) is 4.98 Å². The number of nitrogens with zero attached hydrogens (tertiary/aromatic N) is 1. The minimum Gasteiger partial charge on any atom is -0.508 e. The lowest BCUT2D eigenvalue weighted by Gasteiger charge is -2.11. The van der Waals surface area contributed by atoms with Crippen molar-refractivity contribution in [3.63, 3.8) is 0 Å². The first kappa shape index (κ1) is 22.0. The Hall–Kier alpha value is -4.25. The van der Waals surface area contributed by atoms with Crippen LogP contribution < -0.4 is 10.3 Å². The van der Waals surface area contributed by atoms with Crippen molar-refractivity contribution in [3.8, 4) is 17.2 Å². The summed E-state index contributed by atoms with van der Waals surface area (Å²) in [6, 6.07) is 31.0. The highest BCUT2D eigenvalue weighted by Gasteiger charge is 2.01. The van der Waals surface area contributed by atoms with Crippen molar-refractivity contribution in [2.24, 2.45) is 0 Å². The molecule has 0 unspecified atom stereocenters. The molecule has 0 spiro atoms. The third-order valence-electron chi connectivity index (χ3n) is 3.50. The predicted octanol–water partition coefficient (Wildman–Crippen LogP) is 5.42.